The van der Waals surface area contributed by atoms with Gasteiger partial charge in [0.05, 0.1) is 6.33 Å². The number of hydrogen-bond acceptors (Lipinski definition) is 4. The fourth-order valence-corrected chi connectivity index (χ4v) is 5.67. The molecule has 0 radical (unpaired) electrons. The number of aromatic nitrogens is 2. The molecule has 0 saturated carbocycles. The molecule has 2 aromatic rings. The van der Waals surface area contributed by atoms with Crippen molar-refractivity contribution in [1.29, 1.82) is 0 Å². The summed E-state index contributed by atoms with van der Waals surface area (Å²) in [6, 6.07) is 6.13. The number of fused-ring (bicyclic) bond motifs is 1. The van der Waals surface area contributed by atoms with Crippen LogP contribution in [0, 0.1) is 5.92 Å². The van der Waals surface area contributed by atoms with E-state index in [0.29, 0.717) is 32.5 Å². The smallest absolute Gasteiger partial charge is 0.262 e. The molecular formula is C21H28N4O3S. The number of hydrogen-bond donors (Lipinski definition) is 1. The summed E-state index contributed by atoms with van der Waals surface area (Å²) in [5.74, 6) is -0.176. The maximum Gasteiger partial charge on any atom is 0.262 e. The number of carbonyl (C=O) groups excluding carboxylic acids is 1. The predicted molar refractivity (Wildman–Crippen MR) is 111 cm³/mol. The molecule has 4 rings (SSSR count). The van der Waals surface area contributed by atoms with Crippen molar-refractivity contribution in [1.82, 2.24) is 13.9 Å². The van der Waals surface area contributed by atoms with Crippen LogP contribution >= 0.6 is 0 Å². The van der Waals surface area contributed by atoms with Gasteiger partial charge in [0.2, 0.25) is 5.91 Å². The highest BCUT2D eigenvalue weighted by atomic mass is 32.2. The van der Waals surface area contributed by atoms with Gasteiger partial charge in [-0.25, -0.2) is 13.4 Å². The number of aryl methyl sites for hydroxylation is 2. The molecule has 1 N–H and O–H groups in total. The van der Waals surface area contributed by atoms with E-state index >= 15 is 0 Å². The number of carbonyl (C=O) groups is 1. The molecule has 1 aliphatic heterocycles. The number of piperidine rings is 1. The molecule has 2 heterocycles. The van der Waals surface area contributed by atoms with Crippen LogP contribution in [0.2, 0.25) is 0 Å². The van der Waals surface area contributed by atoms with Gasteiger partial charge in [0, 0.05) is 37.4 Å². The van der Waals surface area contributed by atoms with Gasteiger partial charge in [0.25, 0.3) is 10.0 Å². The minimum absolute atomic E-state index is 0.00344. The van der Waals surface area contributed by atoms with Crippen molar-refractivity contribution in [3.63, 3.8) is 0 Å². The molecule has 7 nitrogen and oxygen atoms in total. The molecule has 8 heteroatoms. The summed E-state index contributed by atoms with van der Waals surface area (Å²) in [5.41, 5.74) is 3.52. The van der Waals surface area contributed by atoms with Crippen LogP contribution in [0.3, 0.4) is 0 Å². The van der Waals surface area contributed by atoms with Crippen molar-refractivity contribution < 1.29 is 13.2 Å². The zero-order valence-corrected chi connectivity index (χ0v) is 17.6. The minimum Gasteiger partial charge on any atom is -0.336 e. The second-order valence-corrected chi connectivity index (χ2v) is 9.75. The summed E-state index contributed by atoms with van der Waals surface area (Å²) >= 11 is 0. The third-order valence-electron chi connectivity index (χ3n) is 6.06. The summed E-state index contributed by atoms with van der Waals surface area (Å²) in [7, 11) is -3.60. The molecular weight excluding hydrogens is 388 g/mol. The number of anilines is 1. The lowest BCUT2D eigenvalue weighted by atomic mass is 9.90. The van der Waals surface area contributed by atoms with E-state index in [1.165, 1.54) is 28.2 Å². The molecule has 156 valence electrons. The average Bonchev–Trinajstić information content (AvgIpc) is 3.24. The van der Waals surface area contributed by atoms with Gasteiger partial charge < -0.3 is 9.88 Å². The molecule has 0 spiro atoms. The monoisotopic (exact) mass is 416 g/mol. The summed E-state index contributed by atoms with van der Waals surface area (Å²) in [4.78, 5) is 16.9. The molecule has 1 saturated heterocycles. The largest absolute Gasteiger partial charge is 0.336 e. The number of imidazole rings is 1. The molecule has 1 fully saturated rings. The number of benzene rings is 1. The molecule has 0 atom stereocenters. The number of nitrogens with one attached hydrogen (secondary N) is 1. The van der Waals surface area contributed by atoms with Gasteiger partial charge in [0.15, 0.2) is 5.03 Å². The number of nitrogens with zero attached hydrogens (tertiary/aromatic N) is 3. The first-order chi connectivity index (χ1) is 14.0. The van der Waals surface area contributed by atoms with E-state index in [1.807, 2.05) is 19.1 Å². The molecule has 1 aromatic heterocycles. The Morgan fingerprint density at radius 1 is 1.21 bits per heavy atom. The van der Waals surface area contributed by atoms with Crippen LogP contribution in [-0.2, 0) is 34.2 Å². The number of sulfonamides is 1. The maximum absolute atomic E-state index is 12.8. The van der Waals surface area contributed by atoms with E-state index in [0.717, 1.165) is 24.9 Å². The Balaban J connectivity index is 1.39. The molecule has 1 aromatic carbocycles. The second kappa shape index (κ2) is 8.28. The summed E-state index contributed by atoms with van der Waals surface area (Å²) < 4.78 is 28.8. The lowest BCUT2D eigenvalue weighted by Gasteiger charge is -2.30. The first-order valence-corrected chi connectivity index (χ1v) is 11.9. The highest BCUT2D eigenvalue weighted by Gasteiger charge is 2.33. The first kappa shape index (κ1) is 20.1. The zero-order chi connectivity index (χ0) is 20.4. The Morgan fingerprint density at radius 2 is 1.97 bits per heavy atom. The fraction of sp³-hybridized carbons (Fsp3) is 0.524. The van der Waals surface area contributed by atoms with Gasteiger partial charge in [-0.15, -0.1) is 0 Å². The normalized spacial score (nSPS) is 18.4. The number of rotatable bonds is 5. The standard InChI is InChI=1S/C21H28N4O3S/c1-2-24-14-20(22-15-24)29(27,28)25-12-10-17(11-13-25)21(26)23-19-9-5-7-16-6-3-4-8-18(16)19/h5,7,9,14-15,17H,2-4,6,8,10-13H2,1H3,(H,23,26). The van der Waals surface area contributed by atoms with E-state index in [9.17, 15) is 13.2 Å². The third kappa shape index (κ3) is 4.09. The zero-order valence-electron chi connectivity index (χ0n) is 16.8. The quantitative estimate of drug-likeness (QED) is 0.812. The lowest BCUT2D eigenvalue weighted by molar-refractivity contribution is -0.120. The van der Waals surface area contributed by atoms with Crippen LogP contribution < -0.4 is 5.32 Å². The summed E-state index contributed by atoms with van der Waals surface area (Å²) in [5, 5.41) is 3.20. The van der Waals surface area contributed by atoms with Crippen LogP contribution in [0.4, 0.5) is 5.69 Å². The van der Waals surface area contributed by atoms with Gasteiger partial charge in [-0.1, -0.05) is 12.1 Å². The topological polar surface area (TPSA) is 84.3 Å². The van der Waals surface area contributed by atoms with Crippen LogP contribution in [-0.4, -0.2) is 41.3 Å². The third-order valence-corrected chi connectivity index (χ3v) is 7.84. The van der Waals surface area contributed by atoms with Gasteiger partial charge >= 0.3 is 0 Å². The van der Waals surface area contributed by atoms with Crippen molar-refractivity contribution in [3.05, 3.63) is 41.9 Å². The van der Waals surface area contributed by atoms with Gasteiger partial charge in [-0.3, -0.25) is 4.79 Å². The van der Waals surface area contributed by atoms with Crippen LogP contribution in [0.25, 0.3) is 0 Å². The van der Waals surface area contributed by atoms with Crippen molar-refractivity contribution >= 4 is 21.6 Å². The summed E-state index contributed by atoms with van der Waals surface area (Å²) in [6.07, 6.45) is 8.58. The van der Waals surface area contributed by atoms with Gasteiger partial charge in [-0.2, -0.15) is 4.31 Å². The fourth-order valence-electron chi connectivity index (χ4n) is 4.27. The van der Waals surface area contributed by atoms with E-state index in [1.54, 1.807) is 10.8 Å². The highest BCUT2D eigenvalue weighted by molar-refractivity contribution is 7.89. The van der Waals surface area contributed by atoms with E-state index in [4.69, 9.17) is 0 Å². The Kier molecular flexibility index (Phi) is 5.74. The van der Waals surface area contributed by atoms with Crippen molar-refractivity contribution in [3.8, 4) is 0 Å². The number of amides is 1. The first-order valence-electron chi connectivity index (χ1n) is 10.4. The van der Waals surface area contributed by atoms with E-state index < -0.39 is 10.0 Å². The molecule has 29 heavy (non-hydrogen) atoms. The Labute approximate surface area is 172 Å². The van der Waals surface area contributed by atoms with E-state index in [-0.39, 0.29) is 16.9 Å². The van der Waals surface area contributed by atoms with Crippen LogP contribution in [0.5, 0.6) is 0 Å². The minimum atomic E-state index is -3.60. The Bertz CT molecular complexity index is 991. The molecule has 1 amide bonds. The predicted octanol–water partition coefficient (Wildman–Crippen LogP) is 2.82. The van der Waals surface area contributed by atoms with E-state index in [2.05, 4.69) is 16.4 Å². The lowest BCUT2D eigenvalue weighted by Crippen LogP contribution is -2.41. The van der Waals surface area contributed by atoms with Crippen LogP contribution in [0.1, 0.15) is 43.7 Å². The van der Waals surface area contributed by atoms with Crippen molar-refractivity contribution in [2.45, 2.75) is 57.0 Å². The van der Waals surface area contributed by atoms with Crippen molar-refractivity contribution in [2.75, 3.05) is 18.4 Å². The Morgan fingerprint density at radius 3 is 2.69 bits per heavy atom. The second-order valence-electron chi connectivity index (χ2n) is 7.86. The molecule has 0 bridgehead atoms. The van der Waals surface area contributed by atoms with Crippen molar-refractivity contribution in [2.24, 2.45) is 5.92 Å². The van der Waals surface area contributed by atoms with Gasteiger partial charge in [-0.05, 0) is 62.6 Å². The summed E-state index contributed by atoms with van der Waals surface area (Å²) in [6.45, 7) is 3.29. The average molecular weight is 417 g/mol. The van der Waals surface area contributed by atoms with Crippen LogP contribution in [0.15, 0.2) is 35.7 Å². The molecule has 1 aliphatic carbocycles. The maximum atomic E-state index is 12.8. The highest BCUT2D eigenvalue weighted by Crippen LogP contribution is 2.29. The molecule has 2 aliphatic rings. The van der Waals surface area contributed by atoms with Gasteiger partial charge in [0.1, 0.15) is 0 Å². The SMILES string of the molecule is CCn1cnc(S(=O)(=O)N2CCC(C(=O)Nc3cccc4c3CCCC4)CC2)c1. The molecule has 0 unspecified atom stereocenters. The Hall–Kier alpha value is -2.19.